The lowest BCUT2D eigenvalue weighted by atomic mass is 10.0. The highest BCUT2D eigenvalue weighted by Crippen LogP contribution is 2.44. The molecule has 2 unspecified atom stereocenters. The zero-order chi connectivity index (χ0) is 32.6. The first-order valence-electron chi connectivity index (χ1n) is 14.6. The monoisotopic (exact) mass is 624 g/mol. The average Bonchev–Trinajstić information content (AvgIpc) is 3.08. The molecule has 0 bridgehead atoms. The Morgan fingerprint density at radius 1 is 0.630 bits per heavy atom. The van der Waals surface area contributed by atoms with Crippen molar-refractivity contribution in [1.29, 1.82) is 0 Å². The van der Waals surface area contributed by atoms with E-state index in [-0.39, 0.29) is 11.4 Å². The van der Waals surface area contributed by atoms with E-state index in [1.54, 1.807) is 73.8 Å². The molecule has 6 rings (SSSR count). The summed E-state index contributed by atoms with van der Waals surface area (Å²) in [7, 11) is 1.57. The van der Waals surface area contributed by atoms with Crippen LogP contribution in [0.4, 0.5) is 0 Å². The smallest absolute Gasteiger partial charge is 0.291 e. The van der Waals surface area contributed by atoms with Gasteiger partial charge in [0.05, 0.1) is 30.2 Å². The fourth-order valence-electron chi connectivity index (χ4n) is 5.09. The Bertz CT molecular complexity index is 1770. The second-order valence-corrected chi connectivity index (χ2v) is 10.0. The van der Waals surface area contributed by atoms with Crippen LogP contribution in [0, 0.1) is 20.2 Å². The van der Waals surface area contributed by atoms with Crippen molar-refractivity contribution in [2.45, 2.75) is 26.1 Å². The second-order valence-electron chi connectivity index (χ2n) is 10.0. The lowest BCUT2D eigenvalue weighted by molar-refractivity contribution is -0.434. The molecule has 4 aromatic rings. The zero-order valence-corrected chi connectivity index (χ0v) is 25.5. The number of fused-ring (bicyclic) bond motifs is 2. The summed E-state index contributed by atoms with van der Waals surface area (Å²) in [6.45, 7) is 4.75. The molecule has 11 heteroatoms. The second kappa shape index (κ2) is 14.3. The van der Waals surface area contributed by atoms with E-state index in [9.17, 15) is 20.2 Å². The molecule has 0 aliphatic carbocycles. The Morgan fingerprint density at radius 3 is 1.50 bits per heavy atom. The molecule has 0 saturated carbocycles. The lowest BCUT2D eigenvalue weighted by Crippen LogP contribution is -2.20. The van der Waals surface area contributed by atoms with E-state index in [1.165, 1.54) is 6.08 Å². The first-order valence-corrected chi connectivity index (χ1v) is 14.6. The van der Waals surface area contributed by atoms with Crippen LogP contribution in [0.2, 0.25) is 0 Å². The topological polar surface area (TPSA) is 132 Å². The third-order valence-corrected chi connectivity index (χ3v) is 7.18. The predicted molar refractivity (Wildman–Crippen MR) is 171 cm³/mol. The minimum Gasteiger partial charge on any atom is -0.497 e. The highest BCUT2D eigenvalue weighted by Gasteiger charge is 2.35. The summed E-state index contributed by atoms with van der Waals surface area (Å²) in [4.78, 5) is 22.1. The molecule has 11 nitrogen and oxygen atoms in total. The molecule has 2 heterocycles. The quantitative estimate of drug-likeness (QED) is 0.136. The van der Waals surface area contributed by atoms with E-state index in [0.717, 1.165) is 5.56 Å². The Kier molecular flexibility index (Phi) is 9.81. The van der Waals surface area contributed by atoms with Crippen LogP contribution in [0.15, 0.2) is 102 Å². The lowest BCUT2D eigenvalue weighted by Gasteiger charge is -2.24. The predicted octanol–water partition coefficient (Wildman–Crippen LogP) is 7.68. The van der Waals surface area contributed by atoms with Crippen molar-refractivity contribution in [3.63, 3.8) is 0 Å². The molecule has 2 atom stereocenters. The number of hydrogen-bond acceptors (Lipinski definition) is 9. The largest absolute Gasteiger partial charge is 0.497 e. The molecule has 0 amide bonds. The van der Waals surface area contributed by atoms with Crippen LogP contribution in [0.25, 0.3) is 12.2 Å². The standard InChI is InChI=1S/C18H17NO5.C17H15NO4/c1-3-23-16-6-4-5-13-11-15(19(20)21)17(24-18(13)16)12-7-9-14(22-2)10-8-12;1-2-21-15-10-6-9-13-11-14(18(19)20)16(22-17(13)15)12-7-4-3-5-8-12/h4-11,17H,3H2,1-2H3;3-11,16H,2H2,1H3. The van der Waals surface area contributed by atoms with E-state index in [0.29, 0.717) is 58.7 Å². The van der Waals surface area contributed by atoms with E-state index in [1.807, 2.05) is 44.2 Å². The minimum atomic E-state index is -0.806. The van der Waals surface area contributed by atoms with Gasteiger partial charge >= 0.3 is 0 Å². The Hall–Kier alpha value is -5.84. The normalized spacial score (nSPS) is 16.0. The molecule has 46 heavy (non-hydrogen) atoms. The number of benzene rings is 4. The number of hydrogen-bond donors (Lipinski definition) is 0. The highest BCUT2D eigenvalue weighted by molar-refractivity contribution is 5.67. The van der Waals surface area contributed by atoms with Gasteiger partial charge in [-0.15, -0.1) is 0 Å². The fourth-order valence-corrected chi connectivity index (χ4v) is 5.09. The number of nitrogens with zero attached hydrogens (tertiary/aromatic N) is 2. The van der Waals surface area contributed by atoms with E-state index < -0.39 is 22.1 Å². The van der Waals surface area contributed by atoms with Gasteiger partial charge in [0.1, 0.15) is 5.75 Å². The molecule has 0 N–H and O–H groups in total. The van der Waals surface area contributed by atoms with Gasteiger partial charge < -0.3 is 23.7 Å². The maximum absolute atomic E-state index is 11.5. The molecule has 0 saturated heterocycles. The molecule has 0 fully saturated rings. The summed E-state index contributed by atoms with van der Waals surface area (Å²) < 4.78 is 28.2. The average molecular weight is 625 g/mol. The van der Waals surface area contributed by atoms with Gasteiger partial charge in [-0.05, 0) is 38.1 Å². The van der Waals surface area contributed by atoms with Crippen molar-refractivity contribution >= 4 is 12.2 Å². The van der Waals surface area contributed by atoms with Crippen molar-refractivity contribution < 1.29 is 33.5 Å². The molecule has 2 aliphatic heterocycles. The van der Waals surface area contributed by atoms with E-state index >= 15 is 0 Å². The minimum absolute atomic E-state index is 0.0127. The third-order valence-electron chi connectivity index (χ3n) is 7.18. The number of ether oxygens (including phenoxy) is 5. The Labute approximate surface area is 265 Å². The molecular weight excluding hydrogens is 592 g/mol. The summed E-state index contributed by atoms with van der Waals surface area (Å²) in [5, 5.41) is 22.9. The van der Waals surface area contributed by atoms with Crippen molar-refractivity contribution in [2.75, 3.05) is 20.3 Å². The van der Waals surface area contributed by atoms with Crippen LogP contribution in [0.1, 0.15) is 48.3 Å². The molecule has 0 radical (unpaired) electrons. The Morgan fingerprint density at radius 2 is 1.09 bits per heavy atom. The fraction of sp³-hybridized carbons (Fsp3) is 0.200. The summed E-state index contributed by atoms with van der Waals surface area (Å²) in [6, 6.07) is 26.9. The van der Waals surface area contributed by atoms with E-state index in [2.05, 4.69) is 0 Å². The van der Waals surface area contributed by atoms with Crippen LogP contribution >= 0.6 is 0 Å². The van der Waals surface area contributed by atoms with Crippen LogP contribution in [-0.4, -0.2) is 30.2 Å². The SMILES string of the molecule is CCOc1cccc2c1OC(c1ccc(OC)cc1)C([N+](=O)[O-])=C2.CCOc1cccc2c1OC(c1ccccc1)C([N+](=O)[O-])=C2. The molecule has 4 aromatic carbocycles. The van der Waals surface area contributed by atoms with Crippen LogP contribution in [0.3, 0.4) is 0 Å². The first kappa shape index (κ1) is 31.6. The van der Waals surface area contributed by atoms with Gasteiger partial charge in [-0.3, -0.25) is 20.2 Å². The molecule has 0 spiro atoms. The van der Waals surface area contributed by atoms with Gasteiger partial charge in [0.15, 0.2) is 23.0 Å². The summed E-state index contributed by atoms with van der Waals surface area (Å²) in [6.07, 6.45) is 1.54. The maximum atomic E-state index is 11.5. The number of methoxy groups -OCH3 is 1. The first-order chi connectivity index (χ1) is 22.3. The number of para-hydroxylation sites is 2. The summed E-state index contributed by atoms with van der Waals surface area (Å²) in [5.41, 5.74) is 2.72. The Balaban J connectivity index is 0.000000182. The van der Waals surface area contributed by atoms with E-state index in [4.69, 9.17) is 23.7 Å². The van der Waals surface area contributed by atoms with Gasteiger partial charge in [0.2, 0.25) is 12.2 Å². The third kappa shape index (κ3) is 6.78. The van der Waals surface area contributed by atoms with Crippen LogP contribution < -0.4 is 23.7 Å². The van der Waals surface area contributed by atoms with Crippen molar-refractivity contribution in [2.24, 2.45) is 0 Å². The van der Waals surface area contributed by atoms with Gasteiger partial charge in [-0.25, -0.2) is 0 Å². The van der Waals surface area contributed by atoms with Crippen molar-refractivity contribution in [3.8, 4) is 28.7 Å². The van der Waals surface area contributed by atoms with Gasteiger partial charge in [0, 0.05) is 34.4 Å². The summed E-state index contributed by atoms with van der Waals surface area (Å²) in [5.74, 6) is 2.91. The molecule has 0 aromatic heterocycles. The molecule has 2 aliphatic rings. The van der Waals surface area contributed by atoms with Gasteiger partial charge in [-0.1, -0.05) is 66.7 Å². The summed E-state index contributed by atoms with van der Waals surface area (Å²) >= 11 is 0. The van der Waals surface area contributed by atoms with Gasteiger partial charge in [-0.2, -0.15) is 0 Å². The molecular formula is C35H32N2O9. The van der Waals surface area contributed by atoms with Crippen molar-refractivity contribution in [3.05, 3.63) is 145 Å². The van der Waals surface area contributed by atoms with Crippen LogP contribution in [-0.2, 0) is 0 Å². The number of nitro groups is 2. The number of rotatable bonds is 9. The van der Waals surface area contributed by atoms with Gasteiger partial charge in [0.25, 0.3) is 11.4 Å². The molecule has 236 valence electrons. The van der Waals surface area contributed by atoms with Crippen LogP contribution in [0.5, 0.6) is 28.7 Å². The highest BCUT2D eigenvalue weighted by atomic mass is 16.6. The maximum Gasteiger partial charge on any atom is 0.291 e. The zero-order valence-electron chi connectivity index (χ0n) is 25.5. The van der Waals surface area contributed by atoms with Crippen molar-refractivity contribution in [1.82, 2.24) is 0 Å².